The van der Waals surface area contributed by atoms with Crippen LogP contribution in [-0.2, 0) is 4.79 Å². The van der Waals surface area contributed by atoms with Crippen molar-refractivity contribution >= 4 is 23.5 Å². The Balaban J connectivity index is 1.20. The normalized spacial score (nSPS) is 23.2. The first-order valence-electron chi connectivity index (χ1n) is 10.6. The summed E-state index contributed by atoms with van der Waals surface area (Å²) in [6.45, 7) is 6.93. The van der Waals surface area contributed by atoms with Crippen molar-refractivity contribution in [3.8, 4) is 5.75 Å². The Kier molecular flexibility index (Phi) is 6.48. The molecule has 1 aromatic carbocycles. The fourth-order valence-corrected chi connectivity index (χ4v) is 4.45. The number of urea groups is 1. The maximum Gasteiger partial charge on any atom is 0.326 e. The fourth-order valence-electron chi connectivity index (χ4n) is 4.32. The maximum atomic E-state index is 13.0. The van der Waals surface area contributed by atoms with Gasteiger partial charge in [-0.25, -0.2) is 9.69 Å². The van der Waals surface area contributed by atoms with Crippen LogP contribution in [0.5, 0.6) is 5.75 Å². The zero-order valence-corrected chi connectivity index (χ0v) is 18.2. The van der Waals surface area contributed by atoms with Crippen LogP contribution in [0.15, 0.2) is 24.3 Å². The molecule has 3 aliphatic rings. The average molecular weight is 436 g/mol. The van der Waals surface area contributed by atoms with Crippen LogP contribution in [0.3, 0.4) is 0 Å². The van der Waals surface area contributed by atoms with Crippen molar-refractivity contribution in [2.75, 3.05) is 66.1 Å². The molecule has 0 aliphatic carbocycles. The molecule has 0 bridgehead atoms. The number of benzene rings is 1. The summed E-state index contributed by atoms with van der Waals surface area (Å²) in [4.78, 5) is 33.6. The van der Waals surface area contributed by atoms with Crippen molar-refractivity contribution in [3.63, 3.8) is 0 Å². The van der Waals surface area contributed by atoms with Crippen LogP contribution in [0.4, 0.5) is 4.79 Å². The Morgan fingerprint density at radius 3 is 2.30 bits per heavy atom. The predicted octanol–water partition coefficient (Wildman–Crippen LogP) is 1.31. The molecule has 3 aliphatic heterocycles. The minimum Gasteiger partial charge on any atom is -0.492 e. The highest BCUT2D eigenvalue weighted by molar-refractivity contribution is 6.30. The van der Waals surface area contributed by atoms with E-state index in [1.165, 1.54) is 4.90 Å². The van der Waals surface area contributed by atoms with Gasteiger partial charge in [0.25, 0.3) is 5.91 Å². The molecular formula is C21H30ClN5O3. The Morgan fingerprint density at radius 2 is 1.63 bits per heavy atom. The molecule has 0 atom stereocenters. The zero-order chi connectivity index (χ0) is 21.1. The number of imide groups is 1. The molecule has 3 fully saturated rings. The smallest absolute Gasteiger partial charge is 0.326 e. The lowest BCUT2D eigenvalue weighted by Crippen LogP contribution is -2.55. The van der Waals surface area contributed by atoms with Gasteiger partial charge in [-0.2, -0.15) is 0 Å². The number of rotatable bonds is 6. The van der Waals surface area contributed by atoms with Gasteiger partial charge in [-0.3, -0.25) is 14.6 Å². The van der Waals surface area contributed by atoms with Gasteiger partial charge in [0.1, 0.15) is 17.9 Å². The summed E-state index contributed by atoms with van der Waals surface area (Å²) in [5, 5.41) is 3.68. The molecule has 3 amide bonds. The quantitative estimate of drug-likeness (QED) is 0.679. The number of carbonyl (C=O) groups excluding carboxylic acids is 2. The van der Waals surface area contributed by atoms with E-state index in [0.717, 1.165) is 51.6 Å². The van der Waals surface area contributed by atoms with E-state index in [-0.39, 0.29) is 11.9 Å². The van der Waals surface area contributed by atoms with Gasteiger partial charge in [0.05, 0.1) is 6.67 Å². The highest BCUT2D eigenvalue weighted by atomic mass is 35.5. The number of hydrogen-bond acceptors (Lipinski definition) is 6. The topological polar surface area (TPSA) is 68.4 Å². The first-order chi connectivity index (χ1) is 14.4. The van der Waals surface area contributed by atoms with Crippen LogP contribution in [0, 0.1) is 0 Å². The van der Waals surface area contributed by atoms with Crippen LogP contribution >= 0.6 is 11.6 Å². The van der Waals surface area contributed by atoms with Crippen molar-refractivity contribution < 1.29 is 14.3 Å². The van der Waals surface area contributed by atoms with Gasteiger partial charge in [0, 0.05) is 50.8 Å². The van der Waals surface area contributed by atoms with Gasteiger partial charge in [-0.05, 0) is 44.2 Å². The summed E-state index contributed by atoms with van der Waals surface area (Å²) in [6, 6.07) is 7.14. The number of halogens is 1. The monoisotopic (exact) mass is 435 g/mol. The number of piperazine rings is 1. The van der Waals surface area contributed by atoms with Crippen molar-refractivity contribution in [1.29, 1.82) is 0 Å². The SMILES string of the molecule is CN1CCC2(CC1)NC(=O)N(CN1CCN(CCOc3ccc(Cl)cc3)CC1)C2=O. The Hall–Kier alpha value is -1.87. The summed E-state index contributed by atoms with van der Waals surface area (Å²) in [5.41, 5.74) is -0.690. The van der Waals surface area contributed by atoms with Gasteiger partial charge >= 0.3 is 6.03 Å². The summed E-state index contributed by atoms with van der Waals surface area (Å²) < 4.78 is 5.77. The number of nitrogens with zero attached hydrogens (tertiary/aromatic N) is 4. The second-order valence-corrected chi connectivity index (χ2v) is 8.89. The molecule has 4 rings (SSSR count). The molecule has 1 spiro atoms. The van der Waals surface area contributed by atoms with Gasteiger partial charge in [-0.1, -0.05) is 11.6 Å². The first-order valence-corrected chi connectivity index (χ1v) is 11.0. The molecule has 3 saturated heterocycles. The second kappa shape index (κ2) is 9.09. The fraction of sp³-hybridized carbons (Fsp3) is 0.619. The Labute approximate surface area is 182 Å². The first kappa shape index (κ1) is 21.4. The van der Waals surface area contributed by atoms with E-state index in [4.69, 9.17) is 16.3 Å². The lowest BCUT2D eigenvalue weighted by atomic mass is 9.88. The lowest BCUT2D eigenvalue weighted by Gasteiger charge is -2.37. The molecule has 0 radical (unpaired) electrons. The summed E-state index contributed by atoms with van der Waals surface area (Å²) in [7, 11) is 2.05. The average Bonchev–Trinajstić information content (AvgIpc) is 2.97. The standard InChI is InChI=1S/C21H30ClN5O3/c1-24-8-6-21(7-9-24)19(28)27(20(29)23-21)16-26-12-10-25(11-13-26)14-15-30-18-4-2-17(22)3-5-18/h2-5H,6-16H2,1H3,(H,23,29). The summed E-state index contributed by atoms with van der Waals surface area (Å²) >= 11 is 5.89. The number of likely N-dealkylation sites (tertiary alicyclic amines) is 1. The molecule has 1 aromatic rings. The third-order valence-electron chi connectivity index (χ3n) is 6.38. The molecule has 164 valence electrons. The van der Waals surface area contributed by atoms with E-state index < -0.39 is 5.54 Å². The molecule has 3 heterocycles. The van der Waals surface area contributed by atoms with Crippen LogP contribution in [0.1, 0.15) is 12.8 Å². The third-order valence-corrected chi connectivity index (χ3v) is 6.63. The van der Waals surface area contributed by atoms with Gasteiger partial charge in [0.15, 0.2) is 0 Å². The highest BCUT2D eigenvalue weighted by Crippen LogP contribution is 2.29. The van der Waals surface area contributed by atoms with Crippen LogP contribution < -0.4 is 10.1 Å². The minimum absolute atomic E-state index is 0.0561. The number of nitrogens with one attached hydrogen (secondary N) is 1. The second-order valence-electron chi connectivity index (χ2n) is 8.45. The van der Waals surface area contributed by atoms with E-state index in [9.17, 15) is 9.59 Å². The van der Waals surface area contributed by atoms with E-state index in [2.05, 4.69) is 20.0 Å². The molecule has 0 unspecified atom stereocenters. The Morgan fingerprint density at radius 1 is 1.00 bits per heavy atom. The highest BCUT2D eigenvalue weighted by Gasteiger charge is 2.52. The van der Waals surface area contributed by atoms with Crippen molar-refractivity contribution in [3.05, 3.63) is 29.3 Å². The van der Waals surface area contributed by atoms with Crippen LogP contribution in [0.2, 0.25) is 5.02 Å². The summed E-state index contributed by atoms with van der Waals surface area (Å²) in [6.07, 6.45) is 1.37. The largest absolute Gasteiger partial charge is 0.492 e. The molecule has 8 nitrogen and oxygen atoms in total. The molecule has 30 heavy (non-hydrogen) atoms. The minimum atomic E-state index is -0.690. The lowest BCUT2D eigenvalue weighted by molar-refractivity contribution is -0.134. The number of ether oxygens (including phenoxy) is 1. The molecule has 9 heteroatoms. The van der Waals surface area contributed by atoms with E-state index >= 15 is 0 Å². The van der Waals surface area contributed by atoms with Gasteiger partial charge in [0.2, 0.25) is 0 Å². The zero-order valence-electron chi connectivity index (χ0n) is 17.5. The number of piperidine rings is 1. The van der Waals surface area contributed by atoms with Crippen LogP contribution in [0.25, 0.3) is 0 Å². The van der Waals surface area contributed by atoms with Crippen molar-refractivity contribution in [2.24, 2.45) is 0 Å². The number of amides is 3. The van der Waals surface area contributed by atoms with E-state index in [1.54, 1.807) is 0 Å². The molecule has 0 saturated carbocycles. The molecule has 1 N–H and O–H groups in total. The number of hydrogen-bond donors (Lipinski definition) is 1. The third kappa shape index (κ3) is 4.72. The maximum absolute atomic E-state index is 13.0. The molecular weight excluding hydrogens is 406 g/mol. The molecule has 0 aromatic heterocycles. The number of carbonyl (C=O) groups is 2. The van der Waals surface area contributed by atoms with Crippen LogP contribution in [-0.4, -0.2) is 103 Å². The van der Waals surface area contributed by atoms with Gasteiger partial charge < -0.3 is 15.0 Å². The Bertz CT molecular complexity index is 758. The van der Waals surface area contributed by atoms with Gasteiger partial charge in [-0.15, -0.1) is 0 Å². The summed E-state index contributed by atoms with van der Waals surface area (Å²) in [5.74, 6) is 0.763. The van der Waals surface area contributed by atoms with E-state index in [1.807, 2.05) is 31.3 Å². The van der Waals surface area contributed by atoms with Crippen molar-refractivity contribution in [1.82, 2.24) is 24.9 Å². The predicted molar refractivity (Wildman–Crippen MR) is 115 cm³/mol. The van der Waals surface area contributed by atoms with Crippen molar-refractivity contribution in [2.45, 2.75) is 18.4 Å². The van der Waals surface area contributed by atoms with E-state index in [0.29, 0.717) is 31.1 Å².